The van der Waals surface area contributed by atoms with Crippen molar-refractivity contribution in [3.05, 3.63) is 124 Å². The molecule has 4 aromatic rings. The van der Waals surface area contributed by atoms with Gasteiger partial charge >= 0.3 is 6.18 Å². The minimum Gasteiger partial charge on any atom is -0.348 e. The molecule has 8 heteroatoms. The van der Waals surface area contributed by atoms with Gasteiger partial charge in [0.25, 0.3) is 11.8 Å². The van der Waals surface area contributed by atoms with Gasteiger partial charge in [-0.05, 0) is 60.5 Å². The number of nitrogens with zero attached hydrogens (tertiary/aromatic N) is 1. The average molecular weight is 533 g/mol. The Balaban J connectivity index is 1.47. The first-order valence-electron chi connectivity index (χ1n) is 11.9. The van der Waals surface area contributed by atoms with Crippen molar-refractivity contribution in [3.63, 3.8) is 0 Å². The Morgan fingerprint density at radius 1 is 0.868 bits per heavy atom. The Morgan fingerprint density at radius 2 is 1.55 bits per heavy atom. The zero-order chi connectivity index (χ0) is 26.9. The van der Waals surface area contributed by atoms with Crippen LogP contribution in [0, 0.1) is 6.92 Å². The molecule has 0 aliphatic carbocycles. The van der Waals surface area contributed by atoms with Crippen molar-refractivity contribution in [1.29, 1.82) is 0 Å². The van der Waals surface area contributed by atoms with E-state index < -0.39 is 11.7 Å². The fourth-order valence-corrected chi connectivity index (χ4v) is 5.25. The smallest absolute Gasteiger partial charge is 0.348 e. The molecule has 0 bridgehead atoms. The lowest BCUT2D eigenvalue weighted by Gasteiger charge is -2.24. The summed E-state index contributed by atoms with van der Waals surface area (Å²) in [4.78, 5) is 29.8. The molecule has 0 aromatic heterocycles. The first kappa shape index (κ1) is 25.6. The lowest BCUT2D eigenvalue weighted by atomic mass is 10.1. The maximum atomic E-state index is 13.7. The first-order valence-corrected chi connectivity index (χ1v) is 12.7. The highest BCUT2D eigenvalue weighted by atomic mass is 32.2. The molecule has 38 heavy (non-hydrogen) atoms. The topological polar surface area (TPSA) is 49.4 Å². The average Bonchev–Trinajstić information content (AvgIpc) is 3.02. The predicted molar refractivity (Wildman–Crippen MR) is 141 cm³/mol. The van der Waals surface area contributed by atoms with E-state index in [1.54, 1.807) is 30.3 Å². The standard InChI is InChI=1S/C30H23F3N2O2S/c1-19-6-8-20(9-7-19)17-34-28(36)22-12-15-27-25(16-22)35(29(37)24-4-2-3-5-26(24)38-27)18-21-10-13-23(14-11-21)30(31,32)33/h2-16H,17-18H2,1H3,(H,34,36). The second-order valence-electron chi connectivity index (χ2n) is 9.03. The fraction of sp³-hybridized carbons (Fsp3) is 0.133. The number of amides is 2. The number of nitrogens with one attached hydrogen (secondary N) is 1. The fourth-order valence-electron chi connectivity index (χ4n) is 4.19. The number of hydrogen-bond acceptors (Lipinski definition) is 3. The molecule has 1 aliphatic rings. The Bertz CT molecular complexity index is 1500. The van der Waals surface area contributed by atoms with Gasteiger partial charge in [0, 0.05) is 21.9 Å². The molecule has 2 amide bonds. The number of halogens is 3. The molecular formula is C30H23F3N2O2S. The number of benzene rings is 4. The van der Waals surface area contributed by atoms with Crippen LogP contribution in [-0.4, -0.2) is 11.8 Å². The monoisotopic (exact) mass is 532 g/mol. The number of fused-ring (bicyclic) bond motifs is 2. The molecular weight excluding hydrogens is 509 g/mol. The van der Waals surface area contributed by atoms with Crippen LogP contribution in [0.15, 0.2) is 101 Å². The Labute approximate surface area is 222 Å². The third kappa shape index (κ3) is 5.45. The van der Waals surface area contributed by atoms with Gasteiger partial charge in [-0.3, -0.25) is 9.59 Å². The summed E-state index contributed by atoms with van der Waals surface area (Å²) in [6, 6.07) is 25.0. The van der Waals surface area contributed by atoms with E-state index in [4.69, 9.17) is 0 Å². The van der Waals surface area contributed by atoms with E-state index in [0.29, 0.717) is 28.9 Å². The summed E-state index contributed by atoms with van der Waals surface area (Å²) in [5.74, 6) is -0.578. The normalized spacial score (nSPS) is 12.9. The zero-order valence-electron chi connectivity index (χ0n) is 20.4. The first-order chi connectivity index (χ1) is 18.2. The van der Waals surface area contributed by atoms with E-state index in [2.05, 4.69) is 5.32 Å². The van der Waals surface area contributed by atoms with E-state index >= 15 is 0 Å². The van der Waals surface area contributed by atoms with Crippen LogP contribution in [0.1, 0.15) is 43.0 Å². The zero-order valence-corrected chi connectivity index (χ0v) is 21.2. The molecule has 4 aromatic carbocycles. The van der Waals surface area contributed by atoms with Crippen molar-refractivity contribution in [2.75, 3.05) is 4.90 Å². The van der Waals surface area contributed by atoms with E-state index in [1.807, 2.05) is 43.3 Å². The number of alkyl halides is 3. The van der Waals surface area contributed by atoms with Crippen LogP contribution in [0.3, 0.4) is 0 Å². The predicted octanol–water partition coefficient (Wildman–Crippen LogP) is 7.26. The Hall–Kier alpha value is -4.04. The van der Waals surface area contributed by atoms with E-state index in [1.165, 1.54) is 28.8 Å². The third-order valence-electron chi connectivity index (χ3n) is 6.29. The second-order valence-corrected chi connectivity index (χ2v) is 10.1. The molecule has 0 atom stereocenters. The number of rotatable bonds is 5. The molecule has 4 nitrogen and oxygen atoms in total. The molecule has 1 N–H and O–H groups in total. The second kappa shape index (κ2) is 10.4. The molecule has 0 spiro atoms. The molecule has 0 saturated heterocycles. The highest BCUT2D eigenvalue weighted by Gasteiger charge is 2.31. The molecule has 0 unspecified atom stereocenters. The van der Waals surface area contributed by atoms with Crippen molar-refractivity contribution in [2.24, 2.45) is 0 Å². The Kier molecular flexibility index (Phi) is 6.99. The molecule has 0 radical (unpaired) electrons. The van der Waals surface area contributed by atoms with Crippen LogP contribution in [0.4, 0.5) is 18.9 Å². The van der Waals surface area contributed by atoms with Gasteiger partial charge < -0.3 is 10.2 Å². The summed E-state index contributed by atoms with van der Waals surface area (Å²) in [6.45, 7) is 2.39. The molecule has 1 heterocycles. The molecule has 192 valence electrons. The van der Waals surface area contributed by atoms with E-state index in [-0.39, 0.29) is 18.4 Å². The summed E-state index contributed by atoms with van der Waals surface area (Å²) in [7, 11) is 0. The van der Waals surface area contributed by atoms with Gasteiger partial charge in [0.15, 0.2) is 0 Å². The van der Waals surface area contributed by atoms with Gasteiger partial charge in [0.05, 0.1) is 23.4 Å². The van der Waals surface area contributed by atoms with Crippen LogP contribution in [0.2, 0.25) is 0 Å². The van der Waals surface area contributed by atoms with Gasteiger partial charge in [0.2, 0.25) is 0 Å². The summed E-state index contributed by atoms with van der Waals surface area (Å²) in [6.07, 6.45) is -4.44. The summed E-state index contributed by atoms with van der Waals surface area (Å²) >= 11 is 1.42. The maximum Gasteiger partial charge on any atom is 0.416 e. The molecule has 0 saturated carbocycles. The van der Waals surface area contributed by atoms with Gasteiger partial charge in [-0.25, -0.2) is 0 Å². The van der Waals surface area contributed by atoms with Crippen LogP contribution < -0.4 is 10.2 Å². The molecule has 5 rings (SSSR count). The van der Waals surface area contributed by atoms with E-state index in [0.717, 1.165) is 33.1 Å². The van der Waals surface area contributed by atoms with Gasteiger partial charge in [-0.15, -0.1) is 0 Å². The van der Waals surface area contributed by atoms with Crippen molar-refractivity contribution < 1.29 is 22.8 Å². The minimum atomic E-state index is -4.44. The van der Waals surface area contributed by atoms with Crippen LogP contribution >= 0.6 is 11.8 Å². The number of carbonyl (C=O) groups is 2. The van der Waals surface area contributed by atoms with E-state index in [9.17, 15) is 22.8 Å². The van der Waals surface area contributed by atoms with Crippen LogP contribution in [-0.2, 0) is 19.3 Å². The third-order valence-corrected chi connectivity index (χ3v) is 7.43. The summed E-state index contributed by atoms with van der Waals surface area (Å²) in [5.41, 5.74) is 3.27. The lowest BCUT2D eigenvalue weighted by Crippen LogP contribution is -2.31. The molecule has 0 fully saturated rings. The lowest BCUT2D eigenvalue weighted by molar-refractivity contribution is -0.137. The molecule has 1 aliphatic heterocycles. The van der Waals surface area contributed by atoms with Gasteiger partial charge in [-0.1, -0.05) is 65.9 Å². The number of carbonyl (C=O) groups excluding carboxylic acids is 2. The maximum absolute atomic E-state index is 13.7. The minimum absolute atomic E-state index is 0.0489. The van der Waals surface area contributed by atoms with Crippen LogP contribution in [0.5, 0.6) is 0 Å². The van der Waals surface area contributed by atoms with Gasteiger partial charge in [-0.2, -0.15) is 13.2 Å². The largest absolute Gasteiger partial charge is 0.416 e. The number of hydrogen-bond donors (Lipinski definition) is 1. The highest BCUT2D eigenvalue weighted by molar-refractivity contribution is 7.99. The van der Waals surface area contributed by atoms with Crippen molar-refractivity contribution >= 4 is 29.3 Å². The quantitative estimate of drug-likeness (QED) is 0.294. The number of anilines is 1. The summed E-state index contributed by atoms with van der Waals surface area (Å²) < 4.78 is 39.2. The summed E-state index contributed by atoms with van der Waals surface area (Å²) in [5, 5.41) is 2.91. The van der Waals surface area contributed by atoms with Crippen LogP contribution in [0.25, 0.3) is 0 Å². The SMILES string of the molecule is Cc1ccc(CNC(=O)c2ccc3c(c2)N(Cc2ccc(C(F)(F)F)cc2)C(=O)c2ccccc2S3)cc1. The van der Waals surface area contributed by atoms with Crippen molar-refractivity contribution in [3.8, 4) is 0 Å². The van der Waals surface area contributed by atoms with Gasteiger partial charge in [0.1, 0.15) is 0 Å². The Morgan fingerprint density at radius 3 is 2.26 bits per heavy atom. The number of aryl methyl sites for hydroxylation is 1. The highest BCUT2D eigenvalue weighted by Crippen LogP contribution is 2.42. The van der Waals surface area contributed by atoms with Crippen molar-refractivity contribution in [1.82, 2.24) is 5.32 Å². The van der Waals surface area contributed by atoms with Crippen molar-refractivity contribution in [2.45, 2.75) is 36.0 Å².